The van der Waals surface area contributed by atoms with Gasteiger partial charge in [-0.1, -0.05) is 12.1 Å². The van der Waals surface area contributed by atoms with Gasteiger partial charge in [0.05, 0.1) is 11.4 Å². The van der Waals surface area contributed by atoms with Crippen LogP contribution in [0.3, 0.4) is 0 Å². The summed E-state index contributed by atoms with van der Waals surface area (Å²) in [6, 6.07) is 15.3. The number of pyridine rings is 1. The Hall–Kier alpha value is -3.81. The summed E-state index contributed by atoms with van der Waals surface area (Å²) in [7, 11) is 1.55. The highest BCUT2D eigenvalue weighted by atomic mass is 19.1. The van der Waals surface area contributed by atoms with Crippen LogP contribution in [0.5, 0.6) is 5.75 Å². The summed E-state index contributed by atoms with van der Waals surface area (Å²) in [5, 5.41) is 7.70. The minimum absolute atomic E-state index is 0.234. The third kappa shape index (κ3) is 3.77. The molecule has 0 saturated heterocycles. The zero-order valence-electron chi connectivity index (χ0n) is 15.9. The number of nitrogens with zero attached hydrogens (tertiary/aromatic N) is 5. The van der Waals surface area contributed by atoms with Gasteiger partial charge in [0.15, 0.2) is 0 Å². The van der Waals surface area contributed by atoms with Gasteiger partial charge in [0, 0.05) is 30.4 Å². The number of hydrogen-bond acceptors (Lipinski definition) is 5. The van der Waals surface area contributed by atoms with Crippen molar-refractivity contribution in [3.05, 3.63) is 88.2 Å². The Morgan fingerprint density at radius 1 is 1.07 bits per heavy atom. The molecule has 146 valence electrons. The normalized spacial score (nSPS) is 10.9. The molecule has 0 aliphatic heterocycles. The van der Waals surface area contributed by atoms with Crippen LogP contribution < -0.4 is 10.4 Å². The van der Waals surface area contributed by atoms with Gasteiger partial charge in [-0.25, -0.2) is 9.18 Å². The molecule has 0 fully saturated rings. The quantitative estimate of drug-likeness (QED) is 0.523. The highest BCUT2D eigenvalue weighted by molar-refractivity contribution is 5.60. The summed E-state index contributed by atoms with van der Waals surface area (Å²) < 4.78 is 21.6. The molecule has 29 heavy (non-hydrogen) atoms. The fourth-order valence-corrected chi connectivity index (χ4v) is 2.97. The molecule has 0 saturated carbocycles. The van der Waals surface area contributed by atoms with Crippen molar-refractivity contribution in [3.8, 4) is 22.7 Å². The molecule has 0 N–H and O–H groups in total. The van der Waals surface area contributed by atoms with Gasteiger partial charge in [-0.15, -0.1) is 0 Å². The van der Waals surface area contributed by atoms with Crippen molar-refractivity contribution < 1.29 is 9.13 Å². The Kier molecular flexibility index (Phi) is 4.90. The Balaban J connectivity index is 1.62. The lowest BCUT2D eigenvalue weighted by atomic mass is 10.1. The number of aromatic nitrogens is 5. The maximum Gasteiger partial charge on any atom is 0.368 e. The van der Waals surface area contributed by atoms with Crippen molar-refractivity contribution in [1.29, 1.82) is 0 Å². The first-order chi connectivity index (χ1) is 14.0. The lowest BCUT2D eigenvalue weighted by Gasteiger charge is -2.13. The molecule has 0 unspecified atom stereocenters. The van der Waals surface area contributed by atoms with Crippen molar-refractivity contribution >= 4 is 0 Å². The van der Waals surface area contributed by atoms with Gasteiger partial charge in [-0.3, -0.25) is 4.98 Å². The molecule has 2 heterocycles. The lowest BCUT2D eigenvalue weighted by molar-refractivity contribution is 0.304. The van der Waals surface area contributed by atoms with E-state index in [2.05, 4.69) is 15.4 Å². The van der Waals surface area contributed by atoms with E-state index in [1.807, 2.05) is 19.1 Å². The average Bonchev–Trinajstić information content (AvgIpc) is 3.06. The van der Waals surface area contributed by atoms with E-state index >= 15 is 0 Å². The van der Waals surface area contributed by atoms with Crippen LogP contribution in [0.1, 0.15) is 11.1 Å². The predicted molar refractivity (Wildman–Crippen MR) is 105 cm³/mol. The molecule has 0 radical (unpaired) electrons. The summed E-state index contributed by atoms with van der Waals surface area (Å²) in [6.45, 7) is 2.18. The molecule has 8 heteroatoms. The van der Waals surface area contributed by atoms with Crippen LogP contribution in [0.4, 0.5) is 4.39 Å². The first-order valence-corrected chi connectivity index (χ1v) is 8.95. The molecule has 4 rings (SSSR count). The van der Waals surface area contributed by atoms with Gasteiger partial charge >= 0.3 is 5.69 Å². The van der Waals surface area contributed by atoms with E-state index in [4.69, 9.17) is 4.74 Å². The van der Waals surface area contributed by atoms with Crippen LogP contribution in [0.15, 0.2) is 65.6 Å². The smallest absolute Gasteiger partial charge is 0.368 e. The Labute approximate surface area is 166 Å². The number of halogens is 1. The fraction of sp³-hybridized carbons (Fsp3) is 0.143. The van der Waals surface area contributed by atoms with Gasteiger partial charge < -0.3 is 4.74 Å². The van der Waals surface area contributed by atoms with Crippen LogP contribution in [-0.4, -0.2) is 24.8 Å². The van der Waals surface area contributed by atoms with E-state index in [-0.39, 0.29) is 18.1 Å². The standard InChI is InChI=1S/C21H18FN5O2/c1-14-4-3-5-20(27-21(28)26(2)24-25-27)18(14)13-29-17-10-11-23-19(12-17)15-6-8-16(22)9-7-15/h3-12H,13H2,1-2H3. The first kappa shape index (κ1) is 18.5. The van der Waals surface area contributed by atoms with Crippen molar-refractivity contribution in [2.24, 2.45) is 7.05 Å². The third-order valence-corrected chi connectivity index (χ3v) is 4.59. The molecule has 2 aromatic carbocycles. The van der Waals surface area contributed by atoms with E-state index in [0.29, 0.717) is 17.1 Å². The topological polar surface area (TPSA) is 74.8 Å². The van der Waals surface area contributed by atoms with E-state index in [1.54, 1.807) is 43.6 Å². The minimum Gasteiger partial charge on any atom is -0.489 e. The van der Waals surface area contributed by atoms with Crippen LogP contribution >= 0.6 is 0 Å². The lowest BCUT2D eigenvalue weighted by Crippen LogP contribution is -2.23. The summed E-state index contributed by atoms with van der Waals surface area (Å²) in [6.07, 6.45) is 1.64. The Bertz CT molecular complexity index is 1210. The van der Waals surface area contributed by atoms with Crippen molar-refractivity contribution in [2.45, 2.75) is 13.5 Å². The van der Waals surface area contributed by atoms with Crippen molar-refractivity contribution in [1.82, 2.24) is 24.8 Å². The van der Waals surface area contributed by atoms with Gasteiger partial charge in [-0.05, 0) is 59.3 Å². The number of rotatable bonds is 5. The maximum atomic E-state index is 13.2. The number of benzene rings is 2. The molecule has 4 aromatic rings. The molecule has 0 aliphatic rings. The third-order valence-electron chi connectivity index (χ3n) is 4.59. The van der Waals surface area contributed by atoms with Crippen molar-refractivity contribution in [2.75, 3.05) is 0 Å². The molecule has 7 nitrogen and oxygen atoms in total. The van der Waals surface area contributed by atoms with Crippen LogP contribution in [0.2, 0.25) is 0 Å². The Morgan fingerprint density at radius 3 is 2.59 bits per heavy atom. The molecule has 0 amide bonds. The molecule has 0 spiro atoms. The van der Waals surface area contributed by atoms with E-state index in [1.165, 1.54) is 21.5 Å². The van der Waals surface area contributed by atoms with Gasteiger partial charge in [0.2, 0.25) is 0 Å². The summed E-state index contributed by atoms with van der Waals surface area (Å²) >= 11 is 0. The van der Waals surface area contributed by atoms with E-state index < -0.39 is 0 Å². The molecule has 0 bridgehead atoms. The number of tetrazole rings is 1. The zero-order valence-corrected chi connectivity index (χ0v) is 15.9. The number of aryl methyl sites for hydroxylation is 2. The molecule has 2 aromatic heterocycles. The van der Waals surface area contributed by atoms with Gasteiger partial charge in [-0.2, -0.15) is 9.36 Å². The first-order valence-electron chi connectivity index (χ1n) is 8.95. The number of hydrogen-bond donors (Lipinski definition) is 0. The summed E-state index contributed by atoms with van der Waals surface area (Å²) in [4.78, 5) is 16.6. The second-order valence-electron chi connectivity index (χ2n) is 6.54. The average molecular weight is 391 g/mol. The van der Waals surface area contributed by atoms with Gasteiger partial charge in [0.25, 0.3) is 0 Å². The second-order valence-corrected chi connectivity index (χ2v) is 6.54. The van der Waals surface area contributed by atoms with E-state index in [9.17, 15) is 9.18 Å². The van der Waals surface area contributed by atoms with E-state index in [0.717, 1.165) is 16.7 Å². The fourth-order valence-electron chi connectivity index (χ4n) is 2.97. The monoisotopic (exact) mass is 391 g/mol. The summed E-state index contributed by atoms with van der Waals surface area (Å²) in [5.74, 6) is 0.313. The maximum absolute atomic E-state index is 13.2. The second kappa shape index (κ2) is 7.67. The van der Waals surface area contributed by atoms with Crippen molar-refractivity contribution in [3.63, 3.8) is 0 Å². The Morgan fingerprint density at radius 2 is 1.86 bits per heavy atom. The molecular formula is C21H18FN5O2. The summed E-state index contributed by atoms with van der Waals surface area (Å²) in [5.41, 5.74) is 3.55. The highest BCUT2D eigenvalue weighted by Crippen LogP contribution is 2.24. The van der Waals surface area contributed by atoms with Gasteiger partial charge in [0.1, 0.15) is 18.2 Å². The predicted octanol–water partition coefficient (Wildman–Crippen LogP) is 3.05. The van der Waals surface area contributed by atoms with Crippen LogP contribution in [-0.2, 0) is 13.7 Å². The number of ether oxygens (including phenoxy) is 1. The highest BCUT2D eigenvalue weighted by Gasteiger charge is 2.14. The zero-order chi connectivity index (χ0) is 20.4. The largest absolute Gasteiger partial charge is 0.489 e. The van der Waals surface area contributed by atoms with Crippen LogP contribution in [0.25, 0.3) is 16.9 Å². The molecule has 0 atom stereocenters. The minimum atomic E-state index is -0.334. The van der Waals surface area contributed by atoms with Crippen LogP contribution in [0, 0.1) is 12.7 Å². The SMILES string of the molecule is Cc1cccc(-n2nnn(C)c2=O)c1COc1ccnc(-c2ccc(F)cc2)c1. The molecule has 0 aliphatic carbocycles. The molecular weight excluding hydrogens is 373 g/mol.